The van der Waals surface area contributed by atoms with Crippen LogP contribution in [0.3, 0.4) is 0 Å². The van der Waals surface area contributed by atoms with Crippen LogP contribution in [0.2, 0.25) is 6.04 Å². The summed E-state index contributed by atoms with van der Waals surface area (Å²) in [4.78, 5) is 11.1. The zero-order valence-electron chi connectivity index (χ0n) is 14.3. The van der Waals surface area contributed by atoms with Gasteiger partial charge in [-0.1, -0.05) is 70.3 Å². The van der Waals surface area contributed by atoms with Gasteiger partial charge in [-0.3, -0.25) is 0 Å². The van der Waals surface area contributed by atoms with Crippen LogP contribution < -0.4 is 0 Å². The number of allylic oxidation sites excluding steroid dienone is 1. The first-order chi connectivity index (χ1) is 11.0. The highest BCUT2D eigenvalue weighted by Crippen LogP contribution is 2.27. The van der Waals surface area contributed by atoms with Crippen LogP contribution in [-0.2, 0) is 9.53 Å². The third-order valence-corrected chi connectivity index (χ3v) is 6.27. The van der Waals surface area contributed by atoms with Gasteiger partial charge in [0.25, 0.3) is 0 Å². The molecule has 0 spiro atoms. The second kappa shape index (κ2) is 15.8. The van der Waals surface area contributed by atoms with E-state index >= 15 is 0 Å². The van der Waals surface area contributed by atoms with Crippen LogP contribution in [0.4, 0.5) is 0 Å². The van der Waals surface area contributed by atoms with Crippen molar-refractivity contribution in [1.29, 1.82) is 0 Å². The molecule has 0 heterocycles. The first-order valence-electron chi connectivity index (χ1n) is 8.82. The van der Waals surface area contributed by atoms with E-state index in [-0.39, 0.29) is 5.97 Å². The van der Waals surface area contributed by atoms with Gasteiger partial charge in [0.15, 0.2) is 0 Å². The van der Waals surface area contributed by atoms with Crippen molar-refractivity contribution in [2.75, 3.05) is 6.61 Å². The average Bonchev–Trinajstić information content (AvgIpc) is 2.46. The summed E-state index contributed by atoms with van der Waals surface area (Å²) < 4.78 is 5.05. The zero-order valence-corrected chi connectivity index (χ0v) is 17.6. The quantitative estimate of drug-likeness (QED) is 0.0965. The monoisotopic (exact) mass is 400 g/mol. The number of hydrogen-bond donors (Lipinski definition) is 0. The van der Waals surface area contributed by atoms with E-state index in [1.165, 1.54) is 57.4 Å². The summed E-state index contributed by atoms with van der Waals surface area (Å²) >= 11 is 17.5. The van der Waals surface area contributed by atoms with Gasteiger partial charge in [-0.25, -0.2) is 4.79 Å². The van der Waals surface area contributed by atoms with Gasteiger partial charge in [-0.05, 0) is 19.4 Å². The summed E-state index contributed by atoms with van der Waals surface area (Å²) in [7, 11) is 0. The molecular formula is C17H31Cl3O2Si. The molecule has 0 amide bonds. The molecule has 0 bridgehead atoms. The highest BCUT2D eigenvalue weighted by atomic mass is 35.8. The lowest BCUT2D eigenvalue weighted by Crippen LogP contribution is -2.07. The Morgan fingerprint density at radius 2 is 1.26 bits per heavy atom. The Hall–Kier alpha value is 0.297. The van der Waals surface area contributed by atoms with Gasteiger partial charge in [-0.15, -0.1) is 33.2 Å². The molecule has 0 rings (SSSR count). The summed E-state index contributed by atoms with van der Waals surface area (Å²) in [6.45, 7) is 2.35. The topological polar surface area (TPSA) is 26.3 Å². The van der Waals surface area contributed by atoms with Gasteiger partial charge in [0.2, 0.25) is 0 Å². The lowest BCUT2D eigenvalue weighted by atomic mass is 10.1. The van der Waals surface area contributed by atoms with Gasteiger partial charge in [0.05, 0.1) is 6.61 Å². The average molecular weight is 402 g/mol. The number of halogens is 3. The Morgan fingerprint density at radius 1 is 0.826 bits per heavy atom. The van der Waals surface area contributed by atoms with Crippen molar-refractivity contribution < 1.29 is 9.53 Å². The molecule has 0 aliphatic rings. The first-order valence-corrected chi connectivity index (χ1v) is 14.1. The third kappa shape index (κ3) is 20.3. The molecule has 0 aromatic heterocycles. The van der Waals surface area contributed by atoms with Crippen LogP contribution in [0.5, 0.6) is 0 Å². The Morgan fingerprint density at radius 3 is 1.70 bits per heavy atom. The van der Waals surface area contributed by atoms with Gasteiger partial charge in [-0.2, -0.15) is 0 Å². The highest BCUT2D eigenvalue weighted by molar-refractivity contribution is 7.64. The van der Waals surface area contributed by atoms with E-state index in [1.54, 1.807) is 6.08 Å². The van der Waals surface area contributed by atoms with Gasteiger partial charge in [0.1, 0.15) is 0 Å². The molecule has 0 N–H and O–H groups in total. The number of unbranched alkanes of at least 4 members (excludes halogenated alkanes) is 10. The molecule has 6 heteroatoms. The number of carbonyl (C=O) groups excluding carboxylic acids is 1. The minimum absolute atomic E-state index is 0.233. The van der Waals surface area contributed by atoms with Crippen LogP contribution in [0.15, 0.2) is 12.2 Å². The first kappa shape index (κ1) is 23.3. The van der Waals surface area contributed by atoms with Crippen molar-refractivity contribution >= 4 is 45.2 Å². The van der Waals surface area contributed by atoms with Crippen molar-refractivity contribution in [1.82, 2.24) is 0 Å². The van der Waals surface area contributed by atoms with Gasteiger partial charge in [0, 0.05) is 6.08 Å². The molecule has 0 radical (unpaired) electrons. The van der Waals surface area contributed by atoms with Crippen molar-refractivity contribution in [3.8, 4) is 0 Å². The molecule has 0 aromatic carbocycles. The largest absolute Gasteiger partial charge is 0.463 e. The zero-order chi connectivity index (χ0) is 17.4. The minimum Gasteiger partial charge on any atom is -0.463 e. The maximum absolute atomic E-state index is 11.1. The second-order valence-electron chi connectivity index (χ2n) is 5.92. The summed E-state index contributed by atoms with van der Waals surface area (Å²) in [6.07, 6.45) is 16.5. The molecule has 2 nitrogen and oxygen atoms in total. The van der Waals surface area contributed by atoms with E-state index in [2.05, 4.69) is 0 Å². The number of hydrogen-bond acceptors (Lipinski definition) is 2. The number of rotatable bonds is 15. The fourth-order valence-corrected chi connectivity index (χ4v) is 4.23. The van der Waals surface area contributed by atoms with Crippen molar-refractivity contribution in [3.05, 3.63) is 12.2 Å². The standard InChI is InChI=1S/C17H31Cl3O2Si/c1-2-14-17(21)22-15-12-10-8-6-4-3-5-7-9-11-13-16-23(18,19)20/h2,14H,3-13,15-16H2,1H3. The maximum Gasteiger partial charge on any atom is 0.341 e. The molecule has 136 valence electrons. The third-order valence-electron chi connectivity index (χ3n) is 3.65. The maximum atomic E-state index is 11.1. The number of ether oxygens (including phenoxy) is 1. The van der Waals surface area contributed by atoms with E-state index in [0.29, 0.717) is 6.61 Å². The molecule has 23 heavy (non-hydrogen) atoms. The lowest BCUT2D eigenvalue weighted by Gasteiger charge is -2.07. The van der Waals surface area contributed by atoms with E-state index in [0.717, 1.165) is 25.3 Å². The van der Waals surface area contributed by atoms with Crippen molar-refractivity contribution in [3.63, 3.8) is 0 Å². The smallest absolute Gasteiger partial charge is 0.341 e. The molecule has 0 aromatic rings. The van der Waals surface area contributed by atoms with E-state index in [1.807, 2.05) is 6.92 Å². The fourth-order valence-electron chi connectivity index (χ4n) is 2.38. The molecule has 0 aliphatic heterocycles. The van der Waals surface area contributed by atoms with E-state index in [4.69, 9.17) is 38.0 Å². The summed E-state index contributed by atoms with van der Waals surface area (Å²) in [5.41, 5.74) is 0. The van der Waals surface area contributed by atoms with Crippen LogP contribution in [0.1, 0.15) is 77.6 Å². The summed E-state index contributed by atoms with van der Waals surface area (Å²) in [6, 6.07) is -1.59. The lowest BCUT2D eigenvalue weighted by molar-refractivity contribution is -0.137. The number of esters is 1. The van der Waals surface area contributed by atoms with Crippen LogP contribution >= 0.6 is 33.2 Å². The number of carbonyl (C=O) groups is 1. The summed E-state index contributed by atoms with van der Waals surface area (Å²) in [5, 5.41) is 0. The van der Waals surface area contributed by atoms with Gasteiger partial charge >= 0.3 is 12.0 Å². The Bertz CT molecular complexity index is 317. The van der Waals surface area contributed by atoms with E-state index in [9.17, 15) is 4.79 Å². The molecular weight excluding hydrogens is 371 g/mol. The molecule has 0 saturated heterocycles. The van der Waals surface area contributed by atoms with Crippen LogP contribution in [0, 0.1) is 0 Å². The van der Waals surface area contributed by atoms with Crippen molar-refractivity contribution in [2.24, 2.45) is 0 Å². The molecule has 0 fully saturated rings. The van der Waals surface area contributed by atoms with E-state index < -0.39 is 6.00 Å². The van der Waals surface area contributed by atoms with Crippen molar-refractivity contribution in [2.45, 2.75) is 83.6 Å². The normalized spacial score (nSPS) is 12.0. The SMILES string of the molecule is CC=CC(=O)OCCCCCCCCCCCCC[Si](Cl)(Cl)Cl. The minimum atomic E-state index is -2.38. The molecule has 0 aliphatic carbocycles. The Balaban J connectivity index is 3.12. The Labute approximate surface area is 157 Å². The molecule has 0 unspecified atom stereocenters. The fraction of sp³-hybridized carbons (Fsp3) is 0.824. The van der Waals surface area contributed by atoms with Crippen LogP contribution in [0.25, 0.3) is 0 Å². The molecule has 0 atom stereocenters. The predicted molar refractivity (Wildman–Crippen MR) is 105 cm³/mol. The predicted octanol–water partition coefficient (Wildman–Crippen LogP) is 7.05. The summed E-state index contributed by atoms with van der Waals surface area (Å²) in [5.74, 6) is -0.233. The second-order valence-corrected chi connectivity index (χ2v) is 15.2. The van der Waals surface area contributed by atoms with Crippen LogP contribution in [-0.4, -0.2) is 18.6 Å². The molecule has 0 saturated carbocycles. The van der Waals surface area contributed by atoms with Gasteiger partial charge < -0.3 is 4.74 Å². The highest BCUT2D eigenvalue weighted by Gasteiger charge is 2.23. The Kier molecular flexibility index (Phi) is 16.0.